The highest BCUT2D eigenvalue weighted by atomic mass is 19.3. The minimum atomic E-state index is -2.61. The fourth-order valence-electron chi connectivity index (χ4n) is 2.06. The van der Waals surface area contributed by atoms with Gasteiger partial charge in [0.1, 0.15) is 0 Å². The van der Waals surface area contributed by atoms with Gasteiger partial charge in [0.2, 0.25) is 11.8 Å². The molecule has 0 aliphatic heterocycles. The Morgan fingerprint density at radius 1 is 1.22 bits per heavy atom. The molecule has 0 heterocycles. The van der Waals surface area contributed by atoms with Crippen LogP contribution in [0.25, 0.3) is 0 Å². The summed E-state index contributed by atoms with van der Waals surface area (Å²) in [6.07, 6.45) is 1.22. The zero-order valence-corrected chi connectivity index (χ0v) is 10.3. The van der Waals surface area contributed by atoms with E-state index in [0.717, 1.165) is 0 Å². The largest absolute Gasteiger partial charge is 0.481 e. The molecule has 1 aliphatic carbocycles. The maximum absolute atomic E-state index is 12.9. The number of carboxylic acid groups (broad SMARTS) is 1. The Morgan fingerprint density at radius 2 is 1.83 bits per heavy atom. The standard InChI is InChI=1S/C12H19F2NO3/c13-12(14)6-4-9(5-7-12)11(18)15-8-2-1-3-10(16)17/h9H,1-8H2,(H,15,18)(H,16,17). The monoisotopic (exact) mass is 263 g/mol. The van der Waals surface area contributed by atoms with E-state index in [4.69, 9.17) is 5.11 Å². The zero-order valence-electron chi connectivity index (χ0n) is 10.3. The molecule has 0 spiro atoms. The van der Waals surface area contributed by atoms with Gasteiger partial charge in [-0.3, -0.25) is 9.59 Å². The SMILES string of the molecule is O=C(O)CCCCNC(=O)C1CCC(F)(F)CC1. The zero-order chi connectivity index (χ0) is 13.6. The van der Waals surface area contributed by atoms with Crippen LogP contribution in [0, 0.1) is 5.92 Å². The van der Waals surface area contributed by atoms with Crippen LogP contribution in [-0.2, 0) is 9.59 Å². The van der Waals surface area contributed by atoms with Crippen LogP contribution >= 0.6 is 0 Å². The Labute approximate surface area is 105 Å². The summed E-state index contributed by atoms with van der Waals surface area (Å²) in [4.78, 5) is 21.9. The number of hydrogen-bond donors (Lipinski definition) is 2. The predicted molar refractivity (Wildman–Crippen MR) is 61.4 cm³/mol. The quantitative estimate of drug-likeness (QED) is 0.722. The van der Waals surface area contributed by atoms with E-state index >= 15 is 0 Å². The summed E-state index contributed by atoms with van der Waals surface area (Å²) < 4.78 is 25.8. The number of rotatable bonds is 6. The molecule has 0 aromatic carbocycles. The number of nitrogens with one attached hydrogen (secondary N) is 1. The summed E-state index contributed by atoms with van der Waals surface area (Å²) in [5, 5.41) is 11.1. The molecule has 1 aliphatic rings. The average Bonchev–Trinajstić information content (AvgIpc) is 2.27. The van der Waals surface area contributed by atoms with Crippen molar-refractivity contribution in [3.8, 4) is 0 Å². The molecule has 2 N–H and O–H groups in total. The van der Waals surface area contributed by atoms with Gasteiger partial charge >= 0.3 is 5.97 Å². The number of hydrogen-bond acceptors (Lipinski definition) is 2. The first-order chi connectivity index (χ1) is 8.41. The molecule has 4 nitrogen and oxygen atoms in total. The van der Waals surface area contributed by atoms with Crippen LogP contribution in [0.3, 0.4) is 0 Å². The minimum Gasteiger partial charge on any atom is -0.481 e. The number of unbranched alkanes of at least 4 members (excludes halogenated alkanes) is 1. The Hall–Kier alpha value is -1.20. The van der Waals surface area contributed by atoms with E-state index in [-0.39, 0.29) is 43.9 Å². The third-order valence-corrected chi connectivity index (χ3v) is 3.20. The van der Waals surface area contributed by atoms with E-state index in [9.17, 15) is 18.4 Å². The van der Waals surface area contributed by atoms with Gasteiger partial charge < -0.3 is 10.4 Å². The summed E-state index contributed by atoms with van der Waals surface area (Å²) in [5.41, 5.74) is 0. The maximum Gasteiger partial charge on any atom is 0.303 e. The molecule has 6 heteroatoms. The normalized spacial score (nSPS) is 19.4. The first kappa shape index (κ1) is 14.9. The van der Waals surface area contributed by atoms with Crippen molar-refractivity contribution in [1.29, 1.82) is 0 Å². The van der Waals surface area contributed by atoms with Gasteiger partial charge in [-0.1, -0.05) is 0 Å². The maximum atomic E-state index is 12.9. The Morgan fingerprint density at radius 3 is 2.39 bits per heavy atom. The average molecular weight is 263 g/mol. The second kappa shape index (κ2) is 6.66. The van der Waals surface area contributed by atoms with E-state index in [2.05, 4.69) is 5.32 Å². The van der Waals surface area contributed by atoms with Gasteiger partial charge in [-0.15, -0.1) is 0 Å². The number of alkyl halides is 2. The van der Waals surface area contributed by atoms with Crippen molar-refractivity contribution >= 4 is 11.9 Å². The molecular formula is C12H19F2NO3. The van der Waals surface area contributed by atoms with Gasteiger partial charge in [0, 0.05) is 31.7 Å². The number of amides is 1. The Bertz CT molecular complexity index is 298. The van der Waals surface area contributed by atoms with E-state index in [1.165, 1.54) is 0 Å². The van der Waals surface area contributed by atoms with Gasteiger partial charge in [-0.25, -0.2) is 8.78 Å². The number of aliphatic carboxylic acids is 1. The van der Waals surface area contributed by atoms with Gasteiger partial charge in [0.25, 0.3) is 0 Å². The summed E-state index contributed by atoms with van der Waals surface area (Å²) in [7, 11) is 0. The molecule has 0 atom stereocenters. The molecule has 0 aromatic heterocycles. The summed E-state index contributed by atoms with van der Waals surface area (Å²) in [6, 6.07) is 0. The highest BCUT2D eigenvalue weighted by Crippen LogP contribution is 2.36. The number of carbonyl (C=O) groups is 2. The van der Waals surface area contributed by atoms with Crippen molar-refractivity contribution in [2.45, 2.75) is 50.9 Å². The Kier molecular flexibility index (Phi) is 5.50. The number of halogens is 2. The van der Waals surface area contributed by atoms with Crippen molar-refractivity contribution in [1.82, 2.24) is 5.32 Å². The first-order valence-electron chi connectivity index (χ1n) is 6.28. The highest BCUT2D eigenvalue weighted by molar-refractivity contribution is 5.78. The van der Waals surface area contributed by atoms with Crippen LogP contribution in [0.1, 0.15) is 44.9 Å². The molecule has 0 saturated heterocycles. The Balaban J connectivity index is 2.12. The molecule has 0 aromatic rings. The van der Waals surface area contributed by atoms with Gasteiger partial charge in [-0.2, -0.15) is 0 Å². The minimum absolute atomic E-state index is 0.0888. The molecule has 1 amide bonds. The van der Waals surface area contributed by atoms with Gasteiger partial charge in [-0.05, 0) is 25.7 Å². The molecule has 1 saturated carbocycles. The van der Waals surface area contributed by atoms with Crippen LogP contribution in [0.2, 0.25) is 0 Å². The van der Waals surface area contributed by atoms with Crippen molar-refractivity contribution < 1.29 is 23.5 Å². The van der Waals surface area contributed by atoms with Crippen LogP contribution in [-0.4, -0.2) is 29.5 Å². The highest BCUT2D eigenvalue weighted by Gasteiger charge is 2.37. The lowest BCUT2D eigenvalue weighted by Crippen LogP contribution is -2.36. The van der Waals surface area contributed by atoms with Crippen molar-refractivity contribution in [2.75, 3.05) is 6.54 Å². The smallest absolute Gasteiger partial charge is 0.303 e. The van der Waals surface area contributed by atoms with E-state index in [1.807, 2.05) is 0 Å². The molecule has 104 valence electrons. The van der Waals surface area contributed by atoms with Crippen LogP contribution in [0.4, 0.5) is 8.78 Å². The summed E-state index contributed by atoms with van der Waals surface area (Å²) in [5.74, 6) is -3.96. The second-order valence-corrected chi connectivity index (χ2v) is 4.77. The van der Waals surface area contributed by atoms with E-state index in [1.54, 1.807) is 0 Å². The predicted octanol–water partition coefficient (Wildman–Crippen LogP) is 2.18. The van der Waals surface area contributed by atoms with Gasteiger partial charge in [0.05, 0.1) is 0 Å². The molecule has 0 unspecified atom stereocenters. The molecule has 0 bridgehead atoms. The van der Waals surface area contributed by atoms with Crippen LogP contribution in [0.15, 0.2) is 0 Å². The van der Waals surface area contributed by atoms with Crippen LogP contribution in [0.5, 0.6) is 0 Å². The van der Waals surface area contributed by atoms with E-state index < -0.39 is 11.9 Å². The summed E-state index contributed by atoms with van der Waals surface area (Å²) >= 11 is 0. The molecular weight excluding hydrogens is 244 g/mol. The molecule has 1 rings (SSSR count). The number of carboxylic acids is 1. The van der Waals surface area contributed by atoms with Crippen molar-refractivity contribution in [3.05, 3.63) is 0 Å². The molecule has 1 fully saturated rings. The second-order valence-electron chi connectivity index (χ2n) is 4.77. The van der Waals surface area contributed by atoms with Crippen molar-refractivity contribution in [2.24, 2.45) is 5.92 Å². The fraction of sp³-hybridized carbons (Fsp3) is 0.833. The lowest BCUT2D eigenvalue weighted by molar-refractivity contribution is -0.137. The van der Waals surface area contributed by atoms with Crippen molar-refractivity contribution in [3.63, 3.8) is 0 Å². The topological polar surface area (TPSA) is 66.4 Å². The van der Waals surface area contributed by atoms with Gasteiger partial charge in [0.15, 0.2) is 0 Å². The number of carbonyl (C=O) groups excluding carboxylic acids is 1. The fourth-order valence-corrected chi connectivity index (χ4v) is 2.06. The third-order valence-electron chi connectivity index (χ3n) is 3.20. The lowest BCUT2D eigenvalue weighted by atomic mass is 9.86. The van der Waals surface area contributed by atoms with E-state index in [0.29, 0.717) is 19.4 Å². The van der Waals surface area contributed by atoms with Crippen LogP contribution < -0.4 is 5.32 Å². The third kappa shape index (κ3) is 5.42. The first-order valence-corrected chi connectivity index (χ1v) is 6.28. The lowest BCUT2D eigenvalue weighted by Gasteiger charge is -2.27. The summed E-state index contributed by atoms with van der Waals surface area (Å²) in [6.45, 7) is 0.416. The molecule has 18 heavy (non-hydrogen) atoms. The molecule has 0 radical (unpaired) electrons.